The van der Waals surface area contributed by atoms with Crippen LogP contribution in [-0.2, 0) is 13.6 Å². The Morgan fingerprint density at radius 2 is 2.32 bits per heavy atom. The summed E-state index contributed by atoms with van der Waals surface area (Å²) in [6.45, 7) is 0.398. The highest BCUT2D eigenvalue weighted by Crippen LogP contribution is 2.22. The molecule has 2 aromatic rings. The number of rotatable bonds is 5. The van der Waals surface area contributed by atoms with Gasteiger partial charge in [0.2, 0.25) is 11.7 Å². The molecular formula is C11H13N5O3. The lowest BCUT2D eigenvalue weighted by Gasteiger charge is -2.03. The molecule has 0 spiro atoms. The molecule has 0 unspecified atom stereocenters. The van der Waals surface area contributed by atoms with Gasteiger partial charge >= 0.3 is 5.69 Å². The lowest BCUT2D eigenvalue weighted by molar-refractivity contribution is -0.384. The summed E-state index contributed by atoms with van der Waals surface area (Å²) in [5.41, 5.74) is 0.824. The fourth-order valence-corrected chi connectivity index (χ4v) is 1.56. The topological polar surface area (TPSA) is 95.1 Å². The Labute approximate surface area is 109 Å². The van der Waals surface area contributed by atoms with Crippen LogP contribution in [0.15, 0.2) is 24.5 Å². The summed E-state index contributed by atoms with van der Waals surface area (Å²) < 4.78 is 6.34. The number of pyridine rings is 1. The van der Waals surface area contributed by atoms with Crippen molar-refractivity contribution in [2.24, 2.45) is 7.05 Å². The predicted molar refractivity (Wildman–Crippen MR) is 68.0 cm³/mol. The van der Waals surface area contributed by atoms with Crippen molar-refractivity contribution in [3.63, 3.8) is 0 Å². The van der Waals surface area contributed by atoms with E-state index in [1.165, 1.54) is 18.0 Å². The van der Waals surface area contributed by atoms with Crippen LogP contribution in [0.4, 0.5) is 11.5 Å². The second-order valence-electron chi connectivity index (χ2n) is 3.86. The van der Waals surface area contributed by atoms with Crippen LogP contribution in [0.2, 0.25) is 0 Å². The maximum atomic E-state index is 10.8. The first kappa shape index (κ1) is 12.8. The maximum Gasteiger partial charge on any atom is 0.330 e. The van der Waals surface area contributed by atoms with Gasteiger partial charge in [0.25, 0.3) is 0 Å². The van der Waals surface area contributed by atoms with Crippen LogP contribution < -0.4 is 10.1 Å². The number of hydrogen-bond acceptors (Lipinski definition) is 6. The van der Waals surface area contributed by atoms with E-state index in [9.17, 15) is 10.1 Å². The normalized spacial score (nSPS) is 10.2. The van der Waals surface area contributed by atoms with Gasteiger partial charge in [-0.2, -0.15) is 0 Å². The molecule has 2 rings (SSSR count). The van der Waals surface area contributed by atoms with Gasteiger partial charge in [0.05, 0.1) is 12.0 Å². The molecule has 19 heavy (non-hydrogen) atoms. The van der Waals surface area contributed by atoms with Gasteiger partial charge in [-0.05, 0) is 5.56 Å². The number of ether oxygens (including phenoxy) is 1. The van der Waals surface area contributed by atoms with Crippen LogP contribution >= 0.6 is 0 Å². The highest BCUT2D eigenvalue weighted by molar-refractivity contribution is 5.54. The average Bonchev–Trinajstić information content (AvgIpc) is 2.78. The van der Waals surface area contributed by atoms with Crippen molar-refractivity contribution < 1.29 is 9.66 Å². The zero-order chi connectivity index (χ0) is 13.8. The molecule has 0 aliphatic rings. The van der Waals surface area contributed by atoms with E-state index in [1.807, 2.05) is 6.07 Å². The highest BCUT2D eigenvalue weighted by Gasteiger charge is 2.17. The van der Waals surface area contributed by atoms with E-state index in [0.29, 0.717) is 12.4 Å². The standard InChI is InChI=1S/C11H13N5O3/c1-15-7-9(16(17)18)11(14-15)13-6-8-3-4-10(19-2)12-5-8/h3-5,7H,6H2,1-2H3,(H,13,14). The third-order valence-electron chi connectivity index (χ3n) is 2.47. The molecule has 100 valence electrons. The van der Waals surface area contributed by atoms with Crippen LogP contribution in [-0.4, -0.2) is 26.8 Å². The molecule has 0 aliphatic carbocycles. The van der Waals surface area contributed by atoms with E-state index in [0.717, 1.165) is 5.56 Å². The largest absolute Gasteiger partial charge is 0.481 e. The molecule has 8 heteroatoms. The number of aromatic nitrogens is 3. The Bertz CT molecular complexity index is 579. The molecule has 0 saturated heterocycles. The monoisotopic (exact) mass is 263 g/mol. The summed E-state index contributed by atoms with van der Waals surface area (Å²) in [5, 5.41) is 17.7. The maximum absolute atomic E-state index is 10.8. The minimum atomic E-state index is -0.471. The van der Waals surface area contributed by atoms with Gasteiger partial charge in [0.15, 0.2) is 0 Å². The smallest absolute Gasteiger partial charge is 0.330 e. The lowest BCUT2D eigenvalue weighted by atomic mass is 10.3. The molecule has 0 aromatic carbocycles. The first-order valence-corrected chi connectivity index (χ1v) is 5.51. The van der Waals surface area contributed by atoms with E-state index in [2.05, 4.69) is 15.4 Å². The van der Waals surface area contributed by atoms with Gasteiger partial charge in [0, 0.05) is 25.9 Å². The van der Waals surface area contributed by atoms with Gasteiger partial charge in [-0.15, -0.1) is 5.10 Å². The quantitative estimate of drug-likeness (QED) is 0.646. The molecular weight excluding hydrogens is 250 g/mol. The zero-order valence-electron chi connectivity index (χ0n) is 10.5. The Morgan fingerprint density at radius 1 is 1.53 bits per heavy atom. The Kier molecular flexibility index (Phi) is 3.60. The molecule has 1 N–H and O–H groups in total. The Hall–Kier alpha value is -2.64. The number of nitrogens with one attached hydrogen (secondary N) is 1. The van der Waals surface area contributed by atoms with Crippen LogP contribution in [0.3, 0.4) is 0 Å². The molecule has 0 bridgehead atoms. The van der Waals surface area contributed by atoms with E-state index >= 15 is 0 Å². The van der Waals surface area contributed by atoms with Gasteiger partial charge in [-0.1, -0.05) is 6.07 Å². The average molecular weight is 263 g/mol. The van der Waals surface area contributed by atoms with Crippen LogP contribution in [0.5, 0.6) is 5.88 Å². The SMILES string of the molecule is COc1ccc(CNc2nn(C)cc2[N+](=O)[O-])cn1. The van der Waals surface area contributed by atoms with Gasteiger partial charge in [-0.25, -0.2) is 4.98 Å². The fraction of sp³-hybridized carbons (Fsp3) is 0.273. The van der Waals surface area contributed by atoms with Crippen LogP contribution in [0.25, 0.3) is 0 Å². The van der Waals surface area contributed by atoms with Gasteiger partial charge in [0.1, 0.15) is 6.20 Å². The van der Waals surface area contributed by atoms with E-state index in [4.69, 9.17) is 4.74 Å². The molecule has 2 heterocycles. The number of nitrogens with zero attached hydrogens (tertiary/aromatic N) is 4. The number of hydrogen-bond donors (Lipinski definition) is 1. The summed E-state index contributed by atoms with van der Waals surface area (Å²) in [4.78, 5) is 14.4. The van der Waals surface area contributed by atoms with Crippen LogP contribution in [0, 0.1) is 10.1 Å². The fourth-order valence-electron chi connectivity index (χ4n) is 1.56. The van der Waals surface area contributed by atoms with Crippen LogP contribution in [0.1, 0.15) is 5.56 Å². The van der Waals surface area contributed by atoms with Crippen molar-refractivity contribution >= 4 is 11.5 Å². The number of anilines is 1. The lowest BCUT2D eigenvalue weighted by Crippen LogP contribution is -2.03. The number of aryl methyl sites for hydroxylation is 1. The summed E-state index contributed by atoms with van der Waals surface area (Å²) in [5.74, 6) is 0.760. The summed E-state index contributed by atoms with van der Waals surface area (Å²) >= 11 is 0. The Morgan fingerprint density at radius 3 is 2.89 bits per heavy atom. The molecule has 0 saturated carbocycles. The molecule has 0 atom stereocenters. The van der Waals surface area contributed by atoms with Crippen molar-refractivity contribution in [2.75, 3.05) is 12.4 Å². The molecule has 0 fully saturated rings. The first-order valence-electron chi connectivity index (χ1n) is 5.51. The molecule has 2 aromatic heterocycles. The van der Waals surface area contributed by atoms with E-state index in [-0.39, 0.29) is 11.5 Å². The summed E-state index contributed by atoms with van der Waals surface area (Å²) in [6.07, 6.45) is 3.00. The first-order chi connectivity index (χ1) is 9.10. The van der Waals surface area contributed by atoms with Crippen molar-refractivity contribution in [1.29, 1.82) is 0 Å². The third kappa shape index (κ3) is 2.97. The van der Waals surface area contributed by atoms with Crippen molar-refractivity contribution in [1.82, 2.24) is 14.8 Å². The number of methoxy groups -OCH3 is 1. The van der Waals surface area contributed by atoms with E-state index < -0.39 is 4.92 Å². The zero-order valence-corrected chi connectivity index (χ0v) is 10.5. The third-order valence-corrected chi connectivity index (χ3v) is 2.47. The second-order valence-corrected chi connectivity index (χ2v) is 3.86. The molecule has 8 nitrogen and oxygen atoms in total. The summed E-state index contributed by atoms with van der Waals surface area (Å²) in [6, 6.07) is 3.55. The second kappa shape index (κ2) is 5.34. The van der Waals surface area contributed by atoms with E-state index in [1.54, 1.807) is 19.3 Å². The van der Waals surface area contributed by atoms with Crippen molar-refractivity contribution in [3.8, 4) is 5.88 Å². The minimum Gasteiger partial charge on any atom is -0.481 e. The molecule has 0 aliphatic heterocycles. The van der Waals surface area contributed by atoms with Gasteiger partial charge in [-0.3, -0.25) is 14.8 Å². The van der Waals surface area contributed by atoms with Crippen molar-refractivity contribution in [2.45, 2.75) is 6.54 Å². The van der Waals surface area contributed by atoms with Crippen molar-refractivity contribution in [3.05, 3.63) is 40.2 Å². The number of nitro groups is 1. The Balaban J connectivity index is 2.07. The minimum absolute atomic E-state index is 0.0519. The molecule has 0 radical (unpaired) electrons. The van der Waals surface area contributed by atoms with Gasteiger partial charge < -0.3 is 10.1 Å². The molecule has 0 amide bonds. The highest BCUT2D eigenvalue weighted by atomic mass is 16.6. The summed E-state index contributed by atoms with van der Waals surface area (Å²) in [7, 11) is 3.17. The predicted octanol–water partition coefficient (Wildman–Crippen LogP) is 1.34.